The van der Waals surface area contributed by atoms with Crippen molar-refractivity contribution < 1.29 is 14.4 Å². The van der Waals surface area contributed by atoms with E-state index in [-0.39, 0.29) is 42.5 Å². The Balaban J connectivity index is 1.54. The second-order valence-electron chi connectivity index (χ2n) is 7.14. The van der Waals surface area contributed by atoms with Crippen molar-refractivity contribution in [1.82, 2.24) is 9.80 Å². The topological polar surface area (TPSA) is 57.7 Å². The molecule has 1 aliphatic carbocycles. The second kappa shape index (κ2) is 6.39. The molecule has 2 atom stereocenters. The van der Waals surface area contributed by atoms with Gasteiger partial charge < -0.3 is 4.90 Å². The molecule has 3 rings (SSSR count). The van der Waals surface area contributed by atoms with Crippen molar-refractivity contribution in [1.29, 1.82) is 0 Å². The number of piperidine rings is 1. The summed E-state index contributed by atoms with van der Waals surface area (Å²) in [5, 5.41) is 0. The van der Waals surface area contributed by atoms with Crippen LogP contribution in [0.15, 0.2) is 0 Å². The van der Waals surface area contributed by atoms with E-state index in [9.17, 15) is 14.4 Å². The zero-order chi connectivity index (χ0) is 15.7. The first-order chi connectivity index (χ1) is 10.6. The van der Waals surface area contributed by atoms with Crippen molar-refractivity contribution >= 4 is 17.7 Å². The molecule has 1 saturated carbocycles. The predicted molar refractivity (Wildman–Crippen MR) is 81.8 cm³/mol. The first-order valence-corrected chi connectivity index (χ1v) is 8.71. The Hall–Kier alpha value is -1.39. The molecule has 5 nitrogen and oxygen atoms in total. The van der Waals surface area contributed by atoms with Gasteiger partial charge in [0.05, 0.1) is 11.8 Å². The fourth-order valence-corrected chi connectivity index (χ4v) is 4.07. The molecule has 0 spiro atoms. The predicted octanol–water partition coefficient (Wildman–Crippen LogP) is 1.81. The minimum absolute atomic E-state index is 0.0326. The average Bonchev–Trinajstić information content (AvgIpc) is 2.78. The summed E-state index contributed by atoms with van der Waals surface area (Å²) >= 11 is 0. The Kier molecular flexibility index (Phi) is 4.50. The number of hydrogen-bond donors (Lipinski definition) is 0. The molecule has 122 valence electrons. The molecule has 0 unspecified atom stereocenters. The zero-order valence-corrected chi connectivity index (χ0v) is 13.4. The molecule has 2 heterocycles. The normalized spacial score (nSPS) is 29.9. The van der Waals surface area contributed by atoms with Crippen LogP contribution in [0.25, 0.3) is 0 Å². The SMILES string of the molecule is CC1CCN(C(=O)CCN2C(=O)[C@@H]3CCCC[C@H]3C2=O)CC1. The molecule has 3 fully saturated rings. The number of hydrogen-bond acceptors (Lipinski definition) is 3. The smallest absolute Gasteiger partial charge is 0.233 e. The van der Waals surface area contributed by atoms with Crippen LogP contribution in [-0.2, 0) is 14.4 Å². The van der Waals surface area contributed by atoms with Crippen LogP contribution in [0.5, 0.6) is 0 Å². The van der Waals surface area contributed by atoms with Crippen LogP contribution in [0, 0.1) is 17.8 Å². The number of rotatable bonds is 3. The number of fused-ring (bicyclic) bond motifs is 1. The molecule has 0 radical (unpaired) electrons. The summed E-state index contributed by atoms with van der Waals surface area (Å²) in [6.45, 7) is 4.11. The van der Waals surface area contributed by atoms with Crippen LogP contribution in [0.1, 0.15) is 51.9 Å². The fraction of sp³-hybridized carbons (Fsp3) is 0.824. The van der Waals surface area contributed by atoms with Crippen molar-refractivity contribution in [2.24, 2.45) is 17.8 Å². The monoisotopic (exact) mass is 306 g/mol. The molecule has 3 amide bonds. The third-order valence-corrected chi connectivity index (χ3v) is 5.62. The summed E-state index contributed by atoms with van der Waals surface area (Å²) < 4.78 is 0. The maximum Gasteiger partial charge on any atom is 0.233 e. The lowest BCUT2D eigenvalue weighted by atomic mass is 9.81. The maximum atomic E-state index is 12.4. The lowest BCUT2D eigenvalue weighted by Gasteiger charge is -2.30. The summed E-state index contributed by atoms with van der Waals surface area (Å²) in [7, 11) is 0. The lowest BCUT2D eigenvalue weighted by Crippen LogP contribution is -2.40. The van der Waals surface area contributed by atoms with Gasteiger partial charge in [-0.3, -0.25) is 19.3 Å². The van der Waals surface area contributed by atoms with Gasteiger partial charge in [0.25, 0.3) is 0 Å². The van der Waals surface area contributed by atoms with Crippen LogP contribution >= 0.6 is 0 Å². The molecule has 0 aromatic heterocycles. The molecular formula is C17H26N2O3. The highest BCUT2D eigenvalue weighted by Gasteiger charge is 2.47. The first kappa shape index (κ1) is 15.5. The second-order valence-corrected chi connectivity index (χ2v) is 7.14. The van der Waals surface area contributed by atoms with Gasteiger partial charge in [-0.15, -0.1) is 0 Å². The highest BCUT2D eigenvalue weighted by Crippen LogP contribution is 2.38. The Morgan fingerprint density at radius 3 is 2.09 bits per heavy atom. The van der Waals surface area contributed by atoms with Gasteiger partial charge in [0, 0.05) is 26.1 Å². The van der Waals surface area contributed by atoms with E-state index in [1.54, 1.807) is 0 Å². The molecular weight excluding hydrogens is 280 g/mol. The van der Waals surface area contributed by atoms with E-state index in [0.717, 1.165) is 51.6 Å². The van der Waals surface area contributed by atoms with Crippen molar-refractivity contribution in [3.8, 4) is 0 Å². The number of nitrogens with zero attached hydrogens (tertiary/aromatic N) is 2. The van der Waals surface area contributed by atoms with Crippen LogP contribution in [-0.4, -0.2) is 47.2 Å². The molecule has 0 bridgehead atoms. The first-order valence-electron chi connectivity index (χ1n) is 8.71. The van der Waals surface area contributed by atoms with Crippen LogP contribution in [0.2, 0.25) is 0 Å². The lowest BCUT2D eigenvalue weighted by molar-refractivity contribution is -0.141. The minimum atomic E-state index is -0.104. The van der Waals surface area contributed by atoms with Gasteiger partial charge in [-0.1, -0.05) is 19.8 Å². The van der Waals surface area contributed by atoms with E-state index in [1.165, 1.54) is 4.90 Å². The van der Waals surface area contributed by atoms with E-state index in [2.05, 4.69) is 6.92 Å². The molecule has 0 aromatic carbocycles. The van der Waals surface area contributed by atoms with Crippen LogP contribution in [0.4, 0.5) is 0 Å². The Morgan fingerprint density at radius 1 is 1.00 bits per heavy atom. The fourth-order valence-electron chi connectivity index (χ4n) is 4.07. The van der Waals surface area contributed by atoms with Crippen molar-refractivity contribution in [3.05, 3.63) is 0 Å². The Labute approximate surface area is 132 Å². The van der Waals surface area contributed by atoms with Crippen molar-refractivity contribution in [3.63, 3.8) is 0 Å². The maximum absolute atomic E-state index is 12.4. The van der Waals surface area contributed by atoms with Gasteiger partial charge in [0.15, 0.2) is 0 Å². The summed E-state index contributed by atoms with van der Waals surface area (Å²) in [4.78, 5) is 40.2. The van der Waals surface area contributed by atoms with Crippen molar-refractivity contribution in [2.75, 3.05) is 19.6 Å². The zero-order valence-electron chi connectivity index (χ0n) is 13.4. The summed E-state index contributed by atoms with van der Waals surface area (Å²) in [6, 6.07) is 0. The minimum Gasteiger partial charge on any atom is -0.343 e. The van der Waals surface area contributed by atoms with Gasteiger partial charge in [-0.05, 0) is 31.6 Å². The quantitative estimate of drug-likeness (QED) is 0.747. The highest BCUT2D eigenvalue weighted by atomic mass is 16.2. The van der Waals surface area contributed by atoms with Gasteiger partial charge in [0.1, 0.15) is 0 Å². The largest absolute Gasteiger partial charge is 0.343 e. The third-order valence-electron chi connectivity index (χ3n) is 5.62. The molecule has 0 N–H and O–H groups in total. The number of likely N-dealkylation sites (tertiary alicyclic amines) is 2. The van der Waals surface area contributed by atoms with E-state index in [1.807, 2.05) is 4.90 Å². The Morgan fingerprint density at radius 2 is 1.55 bits per heavy atom. The standard InChI is InChI=1S/C17H26N2O3/c1-12-6-9-18(10-7-12)15(20)8-11-19-16(21)13-4-2-3-5-14(13)17(19)22/h12-14H,2-11H2,1H3/t13-,14-/m1/s1. The van der Waals surface area contributed by atoms with Crippen LogP contribution < -0.4 is 0 Å². The third kappa shape index (κ3) is 2.90. The molecule has 2 aliphatic heterocycles. The van der Waals surface area contributed by atoms with Gasteiger partial charge in [-0.2, -0.15) is 0 Å². The summed E-state index contributed by atoms with van der Waals surface area (Å²) in [6.07, 6.45) is 6.14. The van der Waals surface area contributed by atoms with Gasteiger partial charge in [0.2, 0.25) is 17.7 Å². The number of carbonyl (C=O) groups excluding carboxylic acids is 3. The number of carbonyl (C=O) groups is 3. The summed E-state index contributed by atoms with van der Waals surface area (Å²) in [5.74, 6) is 0.500. The number of amides is 3. The molecule has 22 heavy (non-hydrogen) atoms. The molecule has 0 aromatic rings. The van der Waals surface area contributed by atoms with E-state index < -0.39 is 0 Å². The Bertz CT molecular complexity index is 445. The molecule has 3 aliphatic rings. The van der Waals surface area contributed by atoms with Crippen molar-refractivity contribution in [2.45, 2.75) is 51.9 Å². The van der Waals surface area contributed by atoms with E-state index in [4.69, 9.17) is 0 Å². The average molecular weight is 306 g/mol. The summed E-state index contributed by atoms with van der Waals surface area (Å²) in [5.41, 5.74) is 0. The highest BCUT2D eigenvalue weighted by molar-refractivity contribution is 6.05. The van der Waals surface area contributed by atoms with Gasteiger partial charge in [-0.25, -0.2) is 0 Å². The van der Waals surface area contributed by atoms with E-state index >= 15 is 0 Å². The molecule has 2 saturated heterocycles. The molecule has 5 heteroatoms. The van der Waals surface area contributed by atoms with E-state index in [0.29, 0.717) is 5.92 Å². The number of imide groups is 1. The van der Waals surface area contributed by atoms with Gasteiger partial charge >= 0.3 is 0 Å². The van der Waals surface area contributed by atoms with Crippen LogP contribution in [0.3, 0.4) is 0 Å².